The molecule has 1 N–H and O–H groups in total. The van der Waals surface area contributed by atoms with Gasteiger partial charge in [0.05, 0.1) is 6.04 Å². The average molecular weight is 296 g/mol. The summed E-state index contributed by atoms with van der Waals surface area (Å²) in [5, 5.41) is 3.78. The lowest BCUT2D eigenvalue weighted by Gasteiger charge is -2.20. The predicted molar refractivity (Wildman–Crippen MR) is 78.1 cm³/mol. The fraction of sp³-hybridized carbons (Fsp3) is 0.250. The third-order valence-corrected chi connectivity index (χ3v) is 3.45. The molecule has 4 heteroatoms. The molecular formula is C16H16ClF2N. The largest absolute Gasteiger partial charge is 0.306 e. The van der Waals surface area contributed by atoms with Gasteiger partial charge in [-0.25, -0.2) is 8.78 Å². The van der Waals surface area contributed by atoms with Gasteiger partial charge in [-0.15, -0.1) is 0 Å². The molecule has 1 nitrogen and oxygen atoms in total. The standard InChI is InChI=1S/C16H16ClF2N/c1-3-20-16(11-4-6-12(17)7-5-11)13-9-14(18)10(2)8-15(13)19/h4-9,16,20H,3H2,1-2H3. The van der Waals surface area contributed by atoms with Crippen molar-refractivity contribution in [3.8, 4) is 0 Å². The van der Waals surface area contributed by atoms with E-state index in [1.807, 2.05) is 19.1 Å². The van der Waals surface area contributed by atoms with E-state index in [4.69, 9.17) is 11.6 Å². The Labute approximate surface area is 122 Å². The van der Waals surface area contributed by atoms with Crippen LogP contribution in [0, 0.1) is 18.6 Å². The van der Waals surface area contributed by atoms with E-state index in [0.29, 0.717) is 22.7 Å². The lowest BCUT2D eigenvalue weighted by molar-refractivity contribution is 0.541. The number of nitrogens with one attached hydrogen (secondary N) is 1. The first-order valence-electron chi connectivity index (χ1n) is 6.47. The summed E-state index contributed by atoms with van der Waals surface area (Å²) >= 11 is 5.86. The molecule has 106 valence electrons. The molecule has 2 aromatic carbocycles. The van der Waals surface area contributed by atoms with E-state index in [1.165, 1.54) is 12.1 Å². The van der Waals surface area contributed by atoms with Crippen LogP contribution in [0.5, 0.6) is 0 Å². The number of rotatable bonds is 4. The maximum absolute atomic E-state index is 14.1. The van der Waals surface area contributed by atoms with Crippen LogP contribution in [0.15, 0.2) is 36.4 Å². The molecule has 0 bridgehead atoms. The van der Waals surface area contributed by atoms with E-state index < -0.39 is 17.7 Å². The molecule has 0 heterocycles. The van der Waals surface area contributed by atoms with Crippen LogP contribution in [0.1, 0.15) is 29.7 Å². The Bertz CT molecular complexity index is 596. The predicted octanol–water partition coefficient (Wildman–Crippen LogP) is 4.63. The van der Waals surface area contributed by atoms with E-state index in [9.17, 15) is 8.78 Å². The van der Waals surface area contributed by atoms with Crippen LogP contribution in [0.2, 0.25) is 5.02 Å². The molecular weight excluding hydrogens is 280 g/mol. The Morgan fingerprint density at radius 2 is 1.75 bits per heavy atom. The van der Waals surface area contributed by atoms with Crippen molar-refractivity contribution in [3.63, 3.8) is 0 Å². The van der Waals surface area contributed by atoms with Crippen molar-refractivity contribution in [1.29, 1.82) is 0 Å². The first-order chi connectivity index (χ1) is 9.52. The molecule has 2 aromatic rings. The second-order valence-corrected chi connectivity index (χ2v) is 5.10. The molecule has 20 heavy (non-hydrogen) atoms. The van der Waals surface area contributed by atoms with Gasteiger partial charge in [-0.3, -0.25) is 0 Å². The van der Waals surface area contributed by atoms with E-state index >= 15 is 0 Å². The fourth-order valence-electron chi connectivity index (χ4n) is 2.15. The Hall–Kier alpha value is -1.45. The van der Waals surface area contributed by atoms with Crippen LogP contribution >= 0.6 is 11.6 Å². The van der Waals surface area contributed by atoms with Gasteiger partial charge in [0, 0.05) is 10.6 Å². The third kappa shape index (κ3) is 3.17. The molecule has 0 saturated carbocycles. The van der Waals surface area contributed by atoms with Crippen molar-refractivity contribution in [3.05, 3.63) is 69.7 Å². The van der Waals surface area contributed by atoms with Gasteiger partial charge in [-0.2, -0.15) is 0 Å². The van der Waals surface area contributed by atoms with Crippen LogP contribution in [0.4, 0.5) is 8.78 Å². The normalized spacial score (nSPS) is 12.4. The maximum Gasteiger partial charge on any atom is 0.128 e. The molecule has 0 aliphatic carbocycles. The molecule has 0 saturated heterocycles. The number of hydrogen-bond donors (Lipinski definition) is 1. The van der Waals surface area contributed by atoms with Gasteiger partial charge in [0.25, 0.3) is 0 Å². The topological polar surface area (TPSA) is 12.0 Å². The van der Waals surface area contributed by atoms with Crippen molar-refractivity contribution in [1.82, 2.24) is 5.32 Å². The van der Waals surface area contributed by atoms with Gasteiger partial charge in [-0.05, 0) is 48.9 Å². The van der Waals surface area contributed by atoms with E-state index in [2.05, 4.69) is 5.32 Å². The molecule has 0 amide bonds. The minimum absolute atomic E-state index is 0.303. The first kappa shape index (κ1) is 14.9. The molecule has 0 aromatic heterocycles. The van der Waals surface area contributed by atoms with Crippen LogP contribution in [0.3, 0.4) is 0 Å². The molecule has 2 rings (SSSR count). The zero-order valence-corrected chi connectivity index (χ0v) is 12.1. The number of hydrogen-bond acceptors (Lipinski definition) is 1. The number of benzene rings is 2. The highest BCUT2D eigenvalue weighted by molar-refractivity contribution is 6.30. The van der Waals surface area contributed by atoms with E-state index in [-0.39, 0.29) is 0 Å². The second-order valence-electron chi connectivity index (χ2n) is 4.67. The summed E-state index contributed by atoms with van der Waals surface area (Å²) in [6.07, 6.45) is 0. The van der Waals surface area contributed by atoms with Crippen molar-refractivity contribution in [2.45, 2.75) is 19.9 Å². The summed E-state index contributed by atoms with van der Waals surface area (Å²) < 4.78 is 27.9. The lowest BCUT2D eigenvalue weighted by Crippen LogP contribution is -2.23. The van der Waals surface area contributed by atoms with Gasteiger partial charge in [0.2, 0.25) is 0 Å². The summed E-state index contributed by atoms with van der Waals surface area (Å²) in [4.78, 5) is 0. The Kier molecular flexibility index (Phi) is 4.73. The smallest absolute Gasteiger partial charge is 0.128 e. The van der Waals surface area contributed by atoms with Crippen molar-refractivity contribution < 1.29 is 8.78 Å². The fourth-order valence-corrected chi connectivity index (χ4v) is 2.28. The molecule has 0 aliphatic heterocycles. The second kappa shape index (κ2) is 6.33. The van der Waals surface area contributed by atoms with Crippen molar-refractivity contribution in [2.75, 3.05) is 6.54 Å². The Balaban J connectivity index is 2.48. The highest BCUT2D eigenvalue weighted by Gasteiger charge is 2.18. The number of aryl methyl sites for hydroxylation is 1. The molecule has 1 unspecified atom stereocenters. The summed E-state index contributed by atoms with van der Waals surface area (Å²) in [5.41, 5.74) is 1.45. The Morgan fingerprint density at radius 1 is 1.10 bits per heavy atom. The summed E-state index contributed by atoms with van der Waals surface area (Å²) in [6.45, 7) is 4.11. The summed E-state index contributed by atoms with van der Waals surface area (Å²) in [7, 11) is 0. The monoisotopic (exact) mass is 295 g/mol. The molecule has 0 aliphatic rings. The summed E-state index contributed by atoms with van der Waals surface area (Å²) in [6, 6.07) is 9.19. The third-order valence-electron chi connectivity index (χ3n) is 3.20. The molecule has 0 spiro atoms. The van der Waals surface area contributed by atoms with Crippen molar-refractivity contribution >= 4 is 11.6 Å². The summed E-state index contributed by atoms with van der Waals surface area (Å²) in [5.74, 6) is -0.817. The van der Waals surface area contributed by atoms with Crippen LogP contribution in [-0.4, -0.2) is 6.54 Å². The zero-order valence-electron chi connectivity index (χ0n) is 11.4. The van der Waals surface area contributed by atoms with E-state index in [0.717, 1.165) is 5.56 Å². The maximum atomic E-state index is 14.1. The van der Waals surface area contributed by atoms with Crippen LogP contribution in [-0.2, 0) is 0 Å². The minimum Gasteiger partial charge on any atom is -0.306 e. The zero-order chi connectivity index (χ0) is 14.7. The van der Waals surface area contributed by atoms with Gasteiger partial charge in [-0.1, -0.05) is 30.7 Å². The quantitative estimate of drug-likeness (QED) is 0.867. The molecule has 1 atom stereocenters. The highest BCUT2D eigenvalue weighted by atomic mass is 35.5. The minimum atomic E-state index is -0.412. The van der Waals surface area contributed by atoms with Crippen molar-refractivity contribution in [2.24, 2.45) is 0 Å². The van der Waals surface area contributed by atoms with Gasteiger partial charge in [0.15, 0.2) is 0 Å². The van der Waals surface area contributed by atoms with Crippen LogP contribution in [0.25, 0.3) is 0 Å². The van der Waals surface area contributed by atoms with Gasteiger partial charge in [0.1, 0.15) is 11.6 Å². The SMILES string of the molecule is CCNC(c1ccc(Cl)cc1)c1cc(F)c(C)cc1F. The van der Waals surface area contributed by atoms with Gasteiger partial charge >= 0.3 is 0 Å². The average Bonchev–Trinajstić information content (AvgIpc) is 2.42. The Morgan fingerprint density at radius 3 is 2.35 bits per heavy atom. The first-order valence-corrected chi connectivity index (χ1v) is 6.85. The van der Waals surface area contributed by atoms with E-state index in [1.54, 1.807) is 19.1 Å². The number of halogens is 3. The molecule has 0 fully saturated rings. The molecule has 0 radical (unpaired) electrons. The highest BCUT2D eigenvalue weighted by Crippen LogP contribution is 2.27. The van der Waals surface area contributed by atoms with Crippen LogP contribution < -0.4 is 5.32 Å². The van der Waals surface area contributed by atoms with Gasteiger partial charge < -0.3 is 5.32 Å². The lowest BCUT2D eigenvalue weighted by atomic mass is 9.97.